The lowest BCUT2D eigenvalue weighted by Gasteiger charge is -2.12. The van der Waals surface area contributed by atoms with Crippen molar-refractivity contribution in [3.8, 4) is 22.4 Å². The quantitative estimate of drug-likeness (QED) is 0.528. The van der Waals surface area contributed by atoms with E-state index in [0.29, 0.717) is 0 Å². The molecule has 0 aliphatic heterocycles. The highest BCUT2D eigenvalue weighted by Gasteiger charge is 2.29. The first-order chi connectivity index (χ1) is 11.9. The highest BCUT2D eigenvalue weighted by Crippen LogP contribution is 2.47. The van der Waals surface area contributed by atoms with Crippen LogP contribution in [-0.2, 0) is 0 Å². The van der Waals surface area contributed by atoms with Crippen LogP contribution in [0.2, 0.25) is 0 Å². The molecule has 1 unspecified atom stereocenters. The van der Waals surface area contributed by atoms with Crippen LogP contribution in [0.1, 0.15) is 17.2 Å². The van der Waals surface area contributed by atoms with E-state index in [0.717, 1.165) is 0 Å². The number of fused-ring (bicyclic) bond motifs is 4. The van der Waals surface area contributed by atoms with Crippen LogP contribution in [0.15, 0.2) is 72.8 Å². The van der Waals surface area contributed by atoms with Gasteiger partial charge in [-0.15, -0.1) is 0 Å². The zero-order valence-electron chi connectivity index (χ0n) is 13.5. The Balaban J connectivity index is 1.80. The largest absolute Gasteiger partial charge is 0.355 e. The van der Waals surface area contributed by atoms with Crippen LogP contribution in [0.5, 0.6) is 0 Å². The van der Waals surface area contributed by atoms with Crippen molar-refractivity contribution in [3.05, 3.63) is 83.9 Å². The second kappa shape index (κ2) is 5.08. The summed E-state index contributed by atoms with van der Waals surface area (Å²) in [6, 6.07) is 26.3. The lowest BCUT2D eigenvalue weighted by Crippen LogP contribution is -2.14. The maximum Gasteiger partial charge on any atom is 0.0586 e. The molecule has 116 valence electrons. The third-order valence-electron chi connectivity index (χ3n) is 5.06. The number of nitrogens with one attached hydrogen (secondary N) is 2. The fourth-order valence-corrected chi connectivity index (χ4v) is 4.01. The summed E-state index contributed by atoms with van der Waals surface area (Å²) in [6.07, 6.45) is 0. The summed E-state index contributed by atoms with van der Waals surface area (Å²) < 4.78 is 0. The van der Waals surface area contributed by atoms with Crippen LogP contribution in [0.3, 0.4) is 0 Å². The molecule has 0 saturated carbocycles. The Bertz CT molecular complexity index is 1030. The van der Waals surface area contributed by atoms with Gasteiger partial charge in [0.1, 0.15) is 0 Å². The van der Waals surface area contributed by atoms with Gasteiger partial charge in [0, 0.05) is 22.2 Å². The van der Waals surface area contributed by atoms with E-state index in [1.807, 2.05) is 7.05 Å². The molecule has 0 spiro atoms. The Labute approximate surface area is 141 Å². The summed E-state index contributed by atoms with van der Waals surface area (Å²) in [5.74, 6) is 0. The van der Waals surface area contributed by atoms with Gasteiger partial charge in [-0.1, -0.05) is 60.7 Å². The molecule has 0 saturated heterocycles. The number of rotatable bonds is 2. The maximum atomic E-state index is 3.58. The third-order valence-corrected chi connectivity index (χ3v) is 5.06. The van der Waals surface area contributed by atoms with E-state index in [-0.39, 0.29) is 6.04 Å². The van der Waals surface area contributed by atoms with E-state index in [2.05, 4.69) is 83.1 Å². The van der Waals surface area contributed by atoms with Crippen molar-refractivity contribution >= 4 is 10.9 Å². The fourth-order valence-electron chi connectivity index (χ4n) is 4.01. The van der Waals surface area contributed by atoms with E-state index >= 15 is 0 Å². The molecule has 0 fully saturated rings. The first kappa shape index (κ1) is 13.6. The normalized spacial score (nSPS) is 15.5. The van der Waals surface area contributed by atoms with Crippen LogP contribution in [-0.4, -0.2) is 12.0 Å². The molecule has 0 radical (unpaired) electrons. The first-order valence-electron chi connectivity index (χ1n) is 8.34. The number of para-hydroxylation sites is 1. The second-order valence-corrected chi connectivity index (χ2v) is 6.35. The highest BCUT2D eigenvalue weighted by atomic mass is 14.9. The van der Waals surface area contributed by atoms with Crippen LogP contribution in [0, 0.1) is 0 Å². The van der Waals surface area contributed by atoms with Crippen molar-refractivity contribution in [1.82, 2.24) is 10.3 Å². The van der Waals surface area contributed by atoms with E-state index < -0.39 is 0 Å². The van der Waals surface area contributed by atoms with E-state index in [1.54, 1.807) is 0 Å². The van der Waals surface area contributed by atoms with Gasteiger partial charge < -0.3 is 10.3 Å². The number of benzene rings is 3. The van der Waals surface area contributed by atoms with E-state index in [9.17, 15) is 0 Å². The van der Waals surface area contributed by atoms with Gasteiger partial charge in [0.2, 0.25) is 0 Å². The molecule has 2 N–H and O–H groups in total. The molecule has 2 nitrogen and oxygen atoms in total. The Morgan fingerprint density at radius 2 is 1.54 bits per heavy atom. The Kier molecular flexibility index (Phi) is 2.88. The number of H-pyrrole nitrogens is 1. The summed E-state index contributed by atoms with van der Waals surface area (Å²) in [7, 11) is 2.03. The molecule has 2 heteroatoms. The predicted molar refractivity (Wildman–Crippen MR) is 100 cm³/mol. The number of hydrogen-bond donors (Lipinski definition) is 2. The van der Waals surface area contributed by atoms with E-state index in [1.165, 1.54) is 44.4 Å². The molecule has 1 aliphatic rings. The number of aromatic amines is 1. The molecule has 1 aromatic heterocycles. The van der Waals surface area contributed by atoms with Crippen molar-refractivity contribution in [2.24, 2.45) is 0 Å². The van der Waals surface area contributed by atoms with Gasteiger partial charge in [-0.3, -0.25) is 0 Å². The molecule has 0 amide bonds. The molecular weight excluding hydrogens is 292 g/mol. The summed E-state index contributed by atoms with van der Waals surface area (Å²) in [5.41, 5.74) is 9.03. The zero-order valence-corrected chi connectivity index (χ0v) is 13.5. The topological polar surface area (TPSA) is 27.8 Å². The summed E-state index contributed by atoms with van der Waals surface area (Å²) >= 11 is 0. The van der Waals surface area contributed by atoms with Crippen LogP contribution in [0.25, 0.3) is 33.3 Å². The predicted octanol–water partition coefficient (Wildman–Crippen LogP) is 5.12. The second-order valence-electron chi connectivity index (χ2n) is 6.35. The van der Waals surface area contributed by atoms with Crippen LogP contribution < -0.4 is 5.32 Å². The number of aromatic nitrogens is 1. The fraction of sp³-hybridized carbons (Fsp3) is 0.0909. The van der Waals surface area contributed by atoms with Gasteiger partial charge in [-0.2, -0.15) is 0 Å². The lowest BCUT2D eigenvalue weighted by atomic mass is 9.97. The Morgan fingerprint density at radius 3 is 2.42 bits per heavy atom. The molecular formula is C22H18N2. The molecule has 1 aliphatic carbocycles. The van der Waals surface area contributed by atoms with Crippen molar-refractivity contribution in [1.29, 1.82) is 0 Å². The minimum Gasteiger partial charge on any atom is -0.355 e. The number of hydrogen-bond acceptors (Lipinski definition) is 1. The average molecular weight is 310 g/mol. The monoisotopic (exact) mass is 310 g/mol. The van der Waals surface area contributed by atoms with Crippen molar-refractivity contribution in [2.45, 2.75) is 6.04 Å². The smallest absolute Gasteiger partial charge is 0.0586 e. The molecule has 5 rings (SSSR count). The van der Waals surface area contributed by atoms with Crippen LogP contribution >= 0.6 is 0 Å². The standard InChI is InChI=1S/C22H18N2/c1-23-22-16-9-4-3-8-15(16)21-17(10-6-11-18(21)22)20-13-14-7-2-5-12-19(14)24-20/h2-13,22-24H,1H3. The minimum absolute atomic E-state index is 0.264. The van der Waals surface area contributed by atoms with E-state index in [4.69, 9.17) is 0 Å². The molecule has 4 aromatic rings. The Morgan fingerprint density at radius 1 is 0.792 bits per heavy atom. The van der Waals surface area contributed by atoms with Gasteiger partial charge in [-0.05, 0) is 41.4 Å². The highest BCUT2D eigenvalue weighted by molar-refractivity contribution is 5.94. The molecule has 3 aromatic carbocycles. The molecule has 24 heavy (non-hydrogen) atoms. The van der Waals surface area contributed by atoms with Gasteiger partial charge in [0.15, 0.2) is 0 Å². The third kappa shape index (κ3) is 1.81. The van der Waals surface area contributed by atoms with Crippen molar-refractivity contribution < 1.29 is 0 Å². The van der Waals surface area contributed by atoms with Gasteiger partial charge >= 0.3 is 0 Å². The zero-order chi connectivity index (χ0) is 16.1. The Hall–Kier alpha value is -2.84. The molecule has 1 atom stereocenters. The SMILES string of the molecule is CNC1c2ccccc2-c2c(-c3cc4ccccc4[nH]3)cccc21. The first-order valence-corrected chi connectivity index (χ1v) is 8.34. The maximum absolute atomic E-state index is 3.58. The minimum atomic E-state index is 0.264. The summed E-state index contributed by atoms with van der Waals surface area (Å²) in [6.45, 7) is 0. The van der Waals surface area contributed by atoms with Crippen molar-refractivity contribution in [3.63, 3.8) is 0 Å². The van der Waals surface area contributed by atoms with Gasteiger partial charge in [0.25, 0.3) is 0 Å². The molecule has 1 heterocycles. The average Bonchev–Trinajstić information content (AvgIpc) is 3.20. The van der Waals surface area contributed by atoms with Gasteiger partial charge in [-0.25, -0.2) is 0 Å². The summed E-state index contributed by atoms with van der Waals surface area (Å²) in [5, 5.41) is 4.72. The molecule has 0 bridgehead atoms. The van der Waals surface area contributed by atoms with Crippen LogP contribution in [0.4, 0.5) is 0 Å². The van der Waals surface area contributed by atoms with Gasteiger partial charge in [0.05, 0.1) is 6.04 Å². The summed E-state index contributed by atoms with van der Waals surface area (Å²) in [4.78, 5) is 3.58. The lowest BCUT2D eigenvalue weighted by molar-refractivity contribution is 0.708. The van der Waals surface area contributed by atoms with Crippen molar-refractivity contribution in [2.75, 3.05) is 7.05 Å².